The van der Waals surface area contributed by atoms with E-state index in [1.54, 1.807) is 4.90 Å². The molecule has 2 aliphatic heterocycles. The molecule has 16 heavy (non-hydrogen) atoms. The van der Waals surface area contributed by atoms with Crippen molar-refractivity contribution in [2.24, 2.45) is 0 Å². The number of rotatable bonds is 3. The predicted octanol–water partition coefficient (Wildman–Crippen LogP) is -1.17. The van der Waals surface area contributed by atoms with Gasteiger partial charge in [-0.3, -0.25) is 4.79 Å². The number of aliphatic hydroxyl groups is 1. The summed E-state index contributed by atoms with van der Waals surface area (Å²) in [5.74, 6) is 0.184. The first-order valence-electron chi connectivity index (χ1n) is 6.02. The van der Waals surface area contributed by atoms with Crippen molar-refractivity contribution in [1.29, 1.82) is 0 Å². The number of likely N-dealkylation sites (N-methyl/N-ethyl adjacent to an activating group) is 1. The average Bonchev–Trinajstić information content (AvgIpc) is 2.24. The zero-order chi connectivity index (χ0) is 11.5. The van der Waals surface area contributed by atoms with Crippen LogP contribution in [0.15, 0.2) is 0 Å². The van der Waals surface area contributed by atoms with E-state index in [0.29, 0.717) is 19.5 Å². The van der Waals surface area contributed by atoms with Crippen LogP contribution in [0.1, 0.15) is 6.42 Å². The monoisotopic (exact) mass is 227 g/mol. The molecule has 2 rings (SSSR count). The van der Waals surface area contributed by atoms with Crippen LogP contribution >= 0.6 is 0 Å². The summed E-state index contributed by atoms with van der Waals surface area (Å²) in [6, 6.07) is 0. The first-order chi connectivity index (χ1) is 7.65. The highest BCUT2D eigenvalue weighted by Crippen LogP contribution is 2.09. The molecule has 5 heteroatoms. The van der Waals surface area contributed by atoms with Crippen molar-refractivity contribution in [1.82, 2.24) is 14.7 Å². The maximum absolute atomic E-state index is 11.7. The molecule has 2 saturated heterocycles. The Labute approximate surface area is 96.6 Å². The minimum Gasteiger partial charge on any atom is -0.389 e. The fourth-order valence-electron chi connectivity index (χ4n) is 2.14. The molecule has 0 unspecified atom stereocenters. The number of likely N-dealkylation sites (tertiary alicyclic amines) is 1. The standard InChI is InChI=1S/C11H21N3O2/c1-12-4-6-13(7-5-12)3-2-11(16)14-8-10(15)9-14/h10,15H,2-9H2,1H3. The van der Waals surface area contributed by atoms with Crippen LogP contribution in [0, 0.1) is 0 Å². The molecule has 0 saturated carbocycles. The Bertz CT molecular complexity index is 246. The van der Waals surface area contributed by atoms with Gasteiger partial charge < -0.3 is 19.8 Å². The van der Waals surface area contributed by atoms with Crippen LogP contribution in [-0.2, 0) is 4.79 Å². The summed E-state index contributed by atoms with van der Waals surface area (Å²) in [4.78, 5) is 18.0. The molecule has 1 N–H and O–H groups in total. The van der Waals surface area contributed by atoms with Gasteiger partial charge in [0, 0.05) is 52.2 Å². The van der Waals surface area contributed by atoms with Crippen molar-refractivity contribution in [2.75, 3.05) is 52.9 Å². The fraction of sp³-hybridized carbons (Fsp3) is 0.909. The van der Waals surface area contributed by atoms with E-state index in [1.165, 1.54) is 0 Å². The number of piperazine rings is 1. The Kier molecular flexibility index (Phi) is 3.78. The lowest BCUT2D eigenvalue weighted by Gasteiger charge is -2.37. The van der Waals surface area contributed by atoms with Crippen LogP contribution in [0.2, 0.25) is 0 Å². The highest BCUT2D eigenvalue weighted by atomic mass is 16.3. The lowest BCUT2D eigenvalue weighted by molar-refractivity contribution is -0.141. The highest BCUT2D eigenvalue weighted by Gasteiger charge is 2.28. The van der Waals surface area contributed by atoms with Gasteiger partial charge in [-0.15, -0.1) is 0 Å². The number of aliphatic hydroxyl groups excluding tert-OH is 1. The maximum atomic E-state index is 11.7. The van der Waals surface area contributed by atoms with E-state index in [9.17, 15) is 4.79 Å². The quantitative estimate of drug-likeness (QED) is 0.660. The Morgan fingerprint density at radius 2 is 1.88 bits per heavy atom. The van der Waals surface area contributed by atoms with Crippen LogP contribution in [0.3, 0.4) is 0 Å². The predicted molar refractivity (Wildman–Crippen MR) is 61.1 cm³/mol. The van der Waals surface area contributed by atoms with Crippen LogP contribution in [0.25, 0.3) is 0 Å². The number of carbonyl (C=O) groups excluding carboxylic acids is 1. The third-order valence-electron chi connectivity index (χ3n) is 3.45. The van der Waals surface area contributed by atoms with Crippen LogP contribution < -0.4 is 0 Å². The molecule has 2 fully saturated rings. The van der Waals surface area contributed by atoms with E-state index in [1.807, 2.05) is 0 Å². The van der Waals surface area contributed by atoms with Crippen molar-refractivity contribution < 1.29 is 9.90 Å². The summed E-state index contributed by atoms with van der Waals surface area (Å²) in [6.45, 7) is 6.23. The van der Waals surface area contributed by atoms with Crippen molar-refractivity contribution >= 4 is 5.91 Å². The Morgan fingerprint density at radius 1 is 1.25 bits per heavy atom. The maximum Gasteiger partial charge on any atom is 0.224 e. The van der Waals surface area contributed by atoms with E-state index in [-0.39, 0.29) is 12.0 Å². The van der Waals surface area contributed by atoms with Gasteiger partial charge in [0.2, 0.25) is 5.91 Å². The highest BCUT2D eigenvalue weighted by molar-refractivity contribution is 5.77. The van der Waals surface area contributed by atoms with Crippen LogP contribution in [-0.4, -0.2) is 84.7 Å². The molecule has 0 aliphatic carbocycles. The van der Waals surface area contributed by atoms with Crippen LogP contribution in [0.5, 0.6) is 0 Å². The van der Waals surface area contributed by atoms with E-state index in [2.05, 4.69) is 16.8 Å². The van der Waals surface area contributed by atoms with Crippen molar-refractivity contribution in [3.05, 3.63) is 0 Å². The number of amides is 1. The van der Waals surface area contributed by atoms with Gasteiger partial charge in [-0.05, 0) is 7.05 Å². The summed E-state index contributed by atoms with van der Waals surface area (Å²) in [5.41, 5.74) is 0. The summed E-state index contributed by atoms with van der Waals surface area (Å²) in [7, 11) is 2.13. The van der Waals surface area contributed by atoms with Crippen molar-refractivity contribution in [2.45, 2.75) is 12.5 Å². The molecule has 0 aromatic carbocycles. The molecule has 5 nitrogen and oxygen atoms in total. The van der Waals surface area contributed by atoms with E-state index >= 15 is 0 Å². The lowest BCUT2D eigenvalue weighted by Crippen LogP contribution is -2.54. The molecule has 2 heterocycles. The Hall–Kier alpha value is -0.650. The van der Waals surface area contributed by atoms with Gasteiger partial charge in [-0.25, -0.2) is 0 Å². The van der Waals surface area contributed by atoms with Gasteiger partial charge in [0.25, 0.3) is 0 Å². The van der Waals surface area contributed by atoms with Gasteiger partial charge in [-0.1, -0.05) is 0 Å². The second-order valence-corrected chi connectivity index (χ2v) is 4.85. The largest absolute Gasteiger partial charge is 0.389 e. The average molecular weight is 227 g/mol. The van der Waals surface area contributed by atoms with Gasteiger partial charge in [0.1, 0.15) is 0 Å². The number of carbonyl (C=O) groups is 1. The summed E-state index contributed by atoms with van der Waals surface area (Å²) < 4.78 is 0. The molecule has 2 aliphatic rings. The molecule has 0 aromatic rings. The first-order valence-corrected chi connectivity index (χ1v) is 6.02. The first kappa shape index (κ1) is 11.8. The third kappa shape index (κ3) is 2.93. The molecule has 92 valence electrons. The molecule has 1 amide bonds. The molecule has 0 atom stereocenters. The van der Waals surface area contributed by atoms with E-state index in [0.717, 1.165) is 32.7 Å². The summed E-state index contributed by atoms with van der Waals surface area (Å²) >= 11 is 0. The topological polar surface area (TPSA) is 47.0 Å². The van der Waals surface area contributed by atoms with Gasteiger partial charge in [0.15, 0.2) is 0 Å². The molecule has 0 bridgehead atoms. The number of nitrogens with zero attached hydrogens (tertiary/aromatic N) is 3. The second-order valence-electron chi connectivity index (χ2n) is 4.85. The number of hydrogen-bond acceptors (Lipinski definition) is 4. The second kappa shape index (κ2) is 5.12. The SMILES string of the molecule is CN1CCN(CCC(=O)N2CC(O)C2)CC1. The molecular formula is C11H21N3O2. The smallest absolute Gasteiger partial charge is 0.224 e. The molecule has 0 spiro atoms. The van der Waals surface area contributed by atoms with Crippen molar-refractivity contribution in [3.8, 4) is 0 Å². The van der Waals surface area contributed by atoms with Gasteiger partial charge >= 0.3 is 0 Å². The zero-order valence-electron chi connectivity index (χ0n) is 9.93. The third-order valence-corrected chi connectivity index (χ3v) is 3.45. The van der Waals surface area contributed by atoms with E-state index < -0.39 is 0 Å². The molecule has 0 aromatic heterocycles. The summed E-state index contributed by atoms with van der Waals surface area (Å²) in [5, 5.41) is 9.10. The minimum atomic E-state index is -0.285. The van der Waals surface area contributed by atoms with Gasteiger partial charge in [0.05, 0.1) is 6.10 Å². The van der Waals surface area contributed by atoms with E-state index in [4.69, 9.17) is 5.11 Å². The number of hydrogen-bond donors (Lipinski definition) is 1. The Balaban J connectivity index is 1.62. The zero-order valence-corrected chi connectivity index (χ0v) is 9.93. The summed E-state index contributed by atoms with van der Waals surface area (Å²) in [6.07, 6.45) is 0.309. The van der Waals surface area contributed by atoms with Crippen LogP contribution in [0.4, 0.5) is 0 Å². The Morgan fingerprint density at radius 3 is 2.44 bits per heavy atom. The molecule has 0 radical (unpaired) electrons. The number of β-amino-alcohol motifs (C(OH)–C–C–N with tert-alkyl or cyclic N) is 1. The van der Waals surface area contributed by atoms with Gasteiger partial charge in [-0.2, -0.15) is 0 Å². The minimum absolute atomic E-state index is 0.184. The lowest BCUT2D eigenvalue weighted by atomic mass is 10.1. The van der Waals surface area contributed by atoms with Crippen molar-refractivity contribution in [3.63, 3.8) is 0 Å². The fourth-order valence-corrected chi connectivity index (χ4v) is 2.14. The normalized spacial score (nSPS) is 24.5. The molecular weight excluding hydrogens is 206 g/mol.